The number of rotatable bonds is 7. The predicted molar refractivity (Wildman–Crippen MR) is 139 cm³/mol. The third-order valence-electron chi connectivity index (χ3n) is 6.70. The largest absolute Gasteiger partial charge is 0.378 e. The minimum atomic E-state index is -0.0747. The molecule has 1 saturated carbocycles. The standard InChI is InChI=1S/C28H29N5O2/c1-33(2)23-12-10-19(11-13-23)28(35)30-22-14-21(15-22)27-25(17-29-32-27)31-26(34)16-20-8-5-7-18-6-3-4-9-24(18)20/h3-13,17,21-22H,14-16H2,1-2H3,(H,29,32)(H,30,35)(H,31,34). The summed E-state index contributed by atoms with van der Waals surface area (Å²) in [5.74, 6) is 0.0769. The van der Waals surface area contributed by atoms with Gasteiger partial charge in [-0.2, -0.15) is 5.10 Å². The van der Waals surface area contributed by atoms with Crippen LogP contribution in [0.3, 0.4) is 0 Å². The Morgan fingerprint density at radius 3 is 2.51 bits per heavy atom. The molecule has 7 heteroatoms. The van der Waals surface area contributed by atoms with Gasteiger partial charge in [-0.1, -0.05) is 42.5 Å². The molecule has 4 aromatic rings. The lowest BCUT2D eigenvalue weighted by Gasteiger charge is -2.35. The number of aromatic nitrogens is 2. The molecule has 0 spiro atoms. The Bertz CT molecular complexity index is 1350. The summed E-state index contributed by atoms with van der Waals surface area (Å²) in [7, 11) is 3.94. The van der Waals surface area contributed by atoms with Crippen molar-refractivity contribution in [3.05, 3.63) is 89.7 Å². The van der Waals surface area contributed by atoms with Crippen molar-refractivity contribution >= 4 is 34.0 Å². The summed E-state index contributed by atoms with van der Waals surface area (Å²) < 4.78 is 0. The fourth-order valence-corrected chi connectivity index (χ4v) is 4.67. The lowest BCUT2D eigenvalue weighted by molar-refractivity contribution is -0.115. The summed E-state index contributed by atoms with van der Waals surface area (Å²) >= 11 is 0. The number of benzene rings is 3. The lowest BCUT2D eigenvalue weighted by atomic mass is 9.77. The highest BCUT2D eigenvalue weighted by molar-refractivity contribution is 5.97. The van der Waals surface area contributed by atoms with Crippen molar-refractivity contribution in [3.8, 4) is 0 Å². The second kappa shape index (κ2) is 9.62. The number of anilines is 2. The molecule has 1 aliphatic rings. The summed E-state index contributed by atoms with van der Waals surface area (Å²) in [5.41, 5.74) is 4.33. The molecule has 1 aromatic heterocycles. The van der Waals surface area contributed by atoms with Crippen molar-refractivity contribution in [1.29, 1.82) is 0 Å². The second-order valence-corrected chi connectivity index (χ2v) is 9.34. The first kappa shape index (κ1) is 22.7. The van der Waals surface area contributed by atoms with E-state index < -0.39 is 0 Å². The molecule has 0 aliphatic heterocycles. The first-order valence-corrected chi connectivity index (χ1v) is 11.9. The maximum atomic E-state index is 12.8. The molecule has 0 unspecified atom stereocenters. The highest BCUT2D eigenvalue weighted by Gasteiger charge is 2.34. The van der Waals surface area contributed by atoms with E-state index in [2.05, 4.69) is 33.0 Å². The van der Waals surface area contributed by atoms with Crippen LogP contribution < -0.4 is 15.5 Å². The average Bonchev–Trinajstić information content (AvgIpc) is 3.28. The maximum absolute atomic E-state index is 12.8. The number of carbonyl (C=O) groups is 2. The van der Waals surface area contributed by atoms with Crippen LogP contribution >= 0.6 is 0 Å². The monoisotopic (exact) mass is 467 g/mol. The lowest BCUT2D eigenvalue weighted by Crippen LogP contribution is -2.43. The smallest absolute Gasteiger partial charge is 0.251 e. The van der Waals surface area contributed by atoms with Gasteiger partial charge in [0, 0.05) is 37.3 Å². The van der Waals surface area contributed by atoms with E-state index in [-0.39, 0.29) is 23.8 Å². The van der Waals surface area contributed by atoms with Gasteiger partial charge in [0.2, 0.25) is 5.91 Å². The number of hydrogen-bond donors (Lipinski definition) is 3. The molecule has 3 aromatic carbocycles. The number of nitrogens with one attached hydrogen (secondary N) is 3. The molecule has 1 fully saturated rings. The number of nitrogens with zero attached hydrogens (tertiary/aromatic N) is 2. The van der Waals surface area contributed by atoms with Gasteiger partial charge in [0.15, 0.2) is 0 Å². The molecule has 0 radical (unpaired) electrons. The van der Waals surface area contributed by atoms with Crippen LogP contribution in [0.1, 0.15) is 40.4 Å². The number of aromatic amines is 1. The van der Waals surface area contributed by atoms with E-state index in [4.69, 9.17) is 0 Å². The van der Waals surface area contributed by atoms with Gasteiger partial charge in [0.25, 0.3) is 5.91 Å². The van der Waals surface area contributed by atoms with Crippen LogP contribution in [0.5, 0.6) is 0 Å². The third kappa shape index (κ3) is 4.89. The number of H-pyrrole nitrogens is 1. The molecule has 7 nitrogen and oxygen atoms in total. The van der Waals surface area contributed by atoms with E-state index in [1.807, 2.05) is 73.6 Å². The van der Waals surface area contributed by atoms with Gasteiger partial charge < -0.3 is 15.5 Å². The zero-order valence-corrected chi connectivity index (χ0v) is 19.9. The zero-order valence-electron chi connectivity index (χ0n) is 19.9. The summed E-state index contributed by atoms with van der Waals surface area (Å²) in [5, 5.41) is 15.6. The number of amides is 2. The summed E-state index contributed by atoms with van der Waals surface area (Å²) in [4.78, 5) is 27.4. The Morgan fingerprint density at radius 2 is 1.74 bits per heavy atom. The van der Waals surface area contributed by atoms with Crippen molar-refractivity contribution in [1.82, 2.24) is 15.5 Å². The Hall–Kier alpha value is -4.13. The van der Waals surface area contributed by atoms with Gasteiger partial charge >= 0.3 is 0 Å². The first-order valence-electron chi connectivity index (χ1n) is 11.9. The second-order valence-electron chi connectivity index (χ2n) is 9.34. The van der Waals surface area contributed by atoms with E-state index >= 15 is 0 Å². The van der Waals surface area contributed by atoms with E-state index in [1.54, 1.807) is 6.20 Å². The normalized spacial score (nSPS) is 17.0. The number of carbonyl (C=O) groups excluding carboxylic acids is 2. The Balaban J connectivity index is 1.17. The fourth-order valence-electron chi connectivity index (χ4n) is 4.67. The zero-order chi connectivity index (χ0) is 24.4. The van der Waals surface area contributed by atoms with Crippen LogP contribution in [0.25, 0.3) is 10.8 Å². The van der Waals surface area contributed by atoms with Crippen LogP contribution in [0.4, 0.5) is 11.4 Å². The fraction of sp³-hybridized carbons (Fsp3) is 0.250. The molecule has 0 atom stereocenters. The Kier molecular flexibility index (Phi) is 6.23. The van der Waals surface area contributed by atoms with Crippen LogP contribution in [-0.2, 0) is 11.2 Å². The minimum absolute atomic E-state index is 0.0630. The molecule has 178 valence electrons. The minimum Gasteiger partial charge on any atom is -0.378 e. The molecule has 0 bridgehead atoms. The van der Waals surface area contributed by atoms with Crippen molar-refractivity contribution in [2.75, 3.05) is 24.3 Å². The molecule has 1 heterocycles. The van der Waals surface area contributed by atoms with Crippen LogP contribution in [0.2, 0.25) is 0 Å². The highest BCUT2D eigenvalue weighted by Crippen LogP contribution is 2.39. The van der Waals surface area contributed by atoms with Gasteiger partial charge in [-0.3, -0.25) is 14.7 Å². The summed E-state index contributed by atoms with van der Waals surface area (Å²) in [6.07, 6.45) is 3.56. The Labute approximate surface area is 204 Å². The van der Waals surface area contributed by atoms with E-state index in [9.17, 15) is 9.59 Å². The highest BCUT2D eigenvalue weighted by atomic mass is 16.2. The van der Waals surface area contributed by atoms with Crippen molar-refractivity contribution in [3.63, 3.8) is 0 Å². The topological polar surface area (TPSA) is 90.1 Å². The molecular formula is C28H29N5O2. The van der Waals surface area contributed by atoms with Crippen LogP contribution in [0, 0.1) is 0 Å². The molecule has 3 N–H and O–H groups in total. The molecule has 5 rings (SSSR count). The molecule has 2 amide bonds. The number of hydrogen-bond acceptors (Lipinski definition) is 4. The van der Waals surface area contributed by atoms with Gasteiger partial charge in [0.05, 0.1) is 24.0 Å². The summed E-state index contributed by atoms with van der Waals surface area (Å²) in [6.45, 7) is 0. The van der Waals surface area contributed by atoms with Crippen molar-refractivity contribution in [2.24, 2.45) is 0 Å². The molecule has 1 aliphatic carbocycles. The van der Waals surface area contributed by atoms with Crippen LogP contribution in [-0.4, -0.2) is 42.1 Å². The van der Waals surface area contributed by atoms with Crippen molar-refractivity contribution < 1.29 is 9.59 Å². The van der Waals surface area contributed by atoms with Gasteiger partial charge in [-0.05, 0) is 53.4 Å². The third-order valence-corrected chi connectivity index (χ3v) is 6.70. The van der Waals surface area contributed by atoms with Gasteiger partial charge in [-0.15, -0.1) is 0 Å². The Morgan fingerprint density at radius 1 is 1.00 bits per heavy atom. The first-order chi connectivity index (χ1) is 17.0. The predicted octanol–water partition coefficient (Wildman–Crippen LogP) is 4.49. The molecule has 0 saturated heterocycles. The van der Waals surface area contributed by atoms with E-state index in [0.29, 0.717) is 17.7 Å². The summed E-state index contributed by atoms with van der Waals surface area (Å²) in [6, 6.07) is 21.8. The molecule has 35 heavy (non-hydrogen) atoms. The molecular weight excluding hydrogens is 438 g/mol. The number of fused-ring (bicyclic) bond motifs is 1. The SMILES string of the molecule is CN(C)c1ccc(C(=O)NC2CC(c3[nH]ncc3NC(=O)Cc3cccc4ccccc34)C2)cc1. The van der Waals surface area contributed by atoms with E-state index in [0.717, 1.165) is 40.6 Å². The van der Waals surface area contributed by atoms with Gasteiger partial charge in [-0.25, -0.2) is 0 Å². The van der Waals surface area contributed by atoms with Gasteiger partial charge in [0.1, 0.15) is 0 Å². The maximum Gasteiger partial charge on any atom is 0.251 e. The average molecular weight is 468 g/mol. The quantitative estimate of drug-likeness (QED) is 0.374. The van der Waals surface area contributed by atoms with Crippen molar-refractivity contribution in [2.45, 2.75) is 31.2 Å². The van der Waals surface area contributed by atoms with E-state index in [1.165, 1.54) is 0 Å². The van der Waals surface area contributed by atoms with Crippen LogP contribution in [0.15, 0.2) is 72.9 Å².